The Morgan fingerprint density at radius 1 is 1.03 bits per heavy atom. The molecule has 35 heavy (non-hydrogen) atoms. The van der Waals surface area contributed by atoms with Crippen LogP contribution in [0.3, 0.4) is 0 Å². The predicted octanol–water partition coefficient (Wildman–Crippen LogP) is 7.28. The first kappa shape index (κ1) is 23.3. The molecular weight excluding hydrogens is 478 g/mol. The molecule has 0 fully saturated rings. The molecule has 2 heterocycles. The van der Waals surface area contributed by atoms with Gasteiger partial charge in [0.1, 0.15) is 17.0 Å². The molecule has 0 saturated heterocycles. The Balaban J connectivity index is 1.32. The molecular formula is C28H24ClN3O2S. The molecule has 5 rings (SSSR count). The standard InChI is InChI=1S/C28H24ClN3O2S/c1-17-11-13-19(14-12-17)25-27(21-8-4-6-10-23(21)31-25)35-16-15-30-28(33)24-18(2)34-32-26(24)20-7-3-5-9-22(20)29/h3-14,31H,15-16H2,1-2H3,(H,30,33). The average Bonchev–Trinajstić information content (AvgIpc) is 3.43. The number of aryl methyl sites for hydroxylation is 2. The summed E-state index contributed by atoms with van der Waals surface area (Å²) in [5.41, 5.74) is 6.10. The Morgan fingerprint density at radius 3 is 2.57 bits per heavy atom. The molecule has 0 radical (unpaired) electrons. The number of carbonyl (C=O) groups is 1. The van der Waals surface area contributed by atoms with Crippen LogP contribution in [0.1, 0.15) is 21.7 Å². The van der Waals surface area contributed by atoms with Crippen LogP contribution in [0.2, 0.25) is 5.02 Å². The van der Waals surface area contributed by atoms with E-state index in [0.717, 1.165) is 16.8 Å². The maximum Gasteiger partial charge on any atom is 0.257 e. The maximum atomic E-state index is 13.1. The Kier molecular flexibility index (Phi) is 6.66. The second-order valence-corrected chi connectivity index (χ2v) is 9.80. The molecule has 0 spiro atoms. The van der Waals surface area contributed by atoms with Gasteiger partial charge in [-0.1, -0.05) is 83.0 Å². The summed E-state index contributed by atoms with van der Waals surface area (Å²) in [6.45, 7) is 4.31. The van der Waals surface area contributed by atoms with Gasteiger partial charge in [0.25, 0.3) is 5.91 Å². The second-order valence-electron chi connectivity index (χ2n) is 8.29. The molecule has 3 aromatic carbocycles. The van der Waals surface area contributed by atoms with Crippen molar-refractivity contribution in [3.8, 4) is 22.5 Å². The molecule has 0 atom stereocenters. The summed E-state index contributed by atoms with van der Waals surface area (Å²) in [6, 6.07) is 24.1. The van der Waals surface area contributed by atoms with Gasteiger partial charge in [-0.05, 0) is 31.5 Å². The van der Waals surface area contributed by atoms with E-state index in [4.69, 9.17) is 16.1 Å². The van der Waals surface area contributed by atoms with Crippen LogP contribution < -0.4 is 5.32 Å². The van der Waals surface area contributed by atoms with Gasteiger partial charge in [0.05, 0.1) is 10.7 Å². The van der Waals surface area contributed by atoms with Gasteiger partial charge in [-0.3, -0.25) is 4.79 Å². The first-order valence-electron chi connectivity index (χ1n) is 11.3. The van der Waals surface area contributed by atoms with Gasteiger partial charge in [-0.25, -0.2) is 0 Å². The normalized spacial score (nSPS) is 11.2. The number of carbonyl (C=O) groups excluding carboxylic acids is 1. The highest BCUT2D eigenvalue weighted by Gasteiger charge is 2.23. The van der Waals surface area contributed by atoms with Crippen molar-refractivity contribution in [2.24, 2.45) is 0 Å². The number of fused-ring (bicyclic) bond motifs is 1. The van der Waals surface area contributed by atoms with Gasteiger partial charge >= 0.3 is 0 Å². The number of rotatable bonds is 7. The molecule has 7 heteroatoms. The number of nitrogens with one attached hydrogen (secondary N) is 2. The van der Waals surface area contributed by atoms with E-state index in [2.05, 4.69) is 58.8 Å². The molecule has 176 valence electrons. The van der Waals surface area contributed by atoms with Crippen LogP contribution in [0, 0.1) is 13.8 Å². The number of aromatic nitrogens is 2. The molecule has 0 aliphatic rings. The Hall–Kier alpha value is -3.48. The predicted molar refractivity (Wildman–Crippen MR) is 143 cm³/mol. The highest BCUT2D eigenvalue weighted by atomic mass is 35.5. The molecule has 2 N–H and O–H groups in total. The van der Waals surface area contributed by atoms with E-state index in [9.17, 15) is 4.79 Å². The fourth-order valence-corrected chi connectivity index (χ4v) is 5.35. The summed E-state index contributed by atoms with van der Waals surface area (Å²) in [7, 11) is 0. The zero-order valence-electron chi connectivity index (χ0n) is 19.4. The van der Waals surface area contributed by atoms with Gasteiger partial charge in [0, 0.05) is 33.7 Å². The Morgan fingerprint density at radius 2 is 1.77 bits per heavy atom. The molecule has 0 aliphatic heterocycles. The van der Waals surface area contributed by atoms with Crippen molar-refractivity contribution in [1.29, 1.82) is 0 Å². The molecule has 1 amide bonds. The minimum Gasteiger partial charge on any atom is -0.360 e. The van der Waals surface area contributed by atoms with Gasteiger partial charge in [-0.2, -0.15) is 0 Å². The summed E-state index contributed by atoms with van der Waals surface area (Å²) < 4.78 is 5.33. The van der Waals surface area contributed by atoms with E-state index in [1.807, 2.05) is 30.3 Å². The summed E-state index contributed by atoms with van der Waals surface area (Å²) in [6.07, 6.45) is 0. The van der Waals surface area contributed by atoms with Crippen LogP contribution in [0.5, 0.6) is 0 Å². The minimum absolute atomic E-state index is 0.225. The van der Waals surface area contributed by atoms with Gasteiger partial charge in [-0.15, -0.1) is 11.8 Å². The number of benzene rings is 3. The van der Waals surface area contributed by atoms with Gasteiger partial charge in [0.15, 0.2) is 0 Å². The van der Waals surface area contributed by atoms with Crippen molar-refractivity contribution in [2.45, 2.75) is 18.7 Å². The summed E-state index contributed by atoms with van der Waals surface area (Å²) in [5, 5.41) is 8.81. The smallest absolute Gasteiger partial charge is 0.257 e. The Labute approximate surface area is 212 Å². The highest BCUT2D eigenvalue weighted by Crippen LogP contribution is 2.37. The first-order chi connectivity index (χ1) is 17.0. The summed E-state index contributed by atoms with van der Waals surface area (Å²) in [5.74, 6) is 0.943. The van der Waals surface area contributed by atoms with Crippen LogP contribution in [0.25, 0.3) is 33.4 Å². The topological polar surface area (TPSA) is 70.9 Å². The van der Waals surface area contributed by atoms with E-state index in [1.54, 1.807) is 24.8 Å². The summed E-state index contributed by atoms with van der Waals surface area (Å²) >= 11 is 8.05. The number of H-pyrrole nitrogens is 1. The van der Waals surface area contributed by atoms with Gasteiger partial charge < -0.3 is 14.8 Å². The maximum absolute atomic E-state index is 13.1. The summed E-state index contributed by atoms with van der Waals surface area (Å²) in [4.78, 5) is 17.8. The van der Waals surface area contributed by atoms with Crippen molar-refractivity contribution in [1.82, 2.24) is 15.5 Å². The van der Waals surface area contributed by atoms with Crippen LogP contribution in [0.15, 0.2) is 82.2 Å². The molecule has 5 nitrogen and oxygen atoms in total. The lowest BCUT2D eigenvalue weighted by Crippen LogP contribution is -2.26. The largest absolute Gasteiger partial charge is 0.360 e. The lowest BCUT2D eigenvalue weighted by atomic mass is 10.1. The van der Waals surface area contributed by atoms with E-state index < -0.39 is 0 Å². The third kappa shape index (κ3) is 4.72. The fraction of sp³-hybridized carbons (Fsp3) is 0.143. The minimum atomic E-state index is -0.225. The quantitative estimate of drug-likeness (QED) is 0.181. The number of hydrogen-bond acceptors (Lipinski definition) is 4. The van der Waals surface area contributed by atoms with Crippen LogP contribution in [-0.4, -0.2) is 28.3 Å². The number of amides is 1. The highest BCUT2D eigenvalue weighted by molar-refractivity contribution is 7.99. The number of hydrogen-bond donors (Lipinski definition) is 2. The van der Waals surface area contributed by atoms with E-state index in [1.165, 1.54) is 15.8 Å². The van der Waals surface area contributed by atoms with Crippen LogP contribution in [-0.2, 0) is 0 Å². The lowest BCUT2D eigenvalue weighted by Gasteiger charge is -2.08. The van der Waals surface area contributed by atoms with Crippen molar-refractivity contribution in [2.75, 3.05) is 12.3 Å². The van der Waals surface area contributed by atoms with E-state index in [-0.39, 0.29) is 5.91 Å². The first-order valence-corrected chi connectivity index (χ1v) is 12.7. The van der Waals surface area contributed by atoms with Crippen LogP contribution >= 0.6 is 23.4 Å². The zero-order chi connectivity index (χ0) is 24.4. The second kappa shape index (κ2) is 10.0. The van der Waals surface area contributed by atoms with Gasteiger partial charge in [0.2, 0.25) is 0 Å². The van der Waals surface area contributed by atoms with E-state index >= 15 is 0 Å². The number of aromatic amines is 1. The number of halogens is 1. The number of para-hydroxylation sites is 1. The van der Waals surface area contributed by atoms with E-state index in [0.29, 0.717) is 39.9 Å². The SMILES string of the molecule is Cc1ccc(-c2[nH]c3ccccc3c2SCCNC(=O)c2c(-c3ccccc3Cl)noc2C)cc1. The third-order valence-corrected chi connectivity index (χ3v) is 7.30. The number of nitrogens with zero attached hydrogens (tertiary/aromatic N) is 1. The van der Waals surface area contributed by atoms with Crippen LogP contribution in [0.4, 0.5) is 0 Å². The number of thioether (sulfide) groups is 1. The fourth-order valence-electron chi connectivity index (χ4n) is 4.07. The molecule has 0 bridgehead atoms. The Bertz CT molecular complexity index is 1500. The molecule has 0 unspecified atom stereocenters. The molecule has 5 aromatic rings. The average molecular weight is 502 g/mol. The van der Waals surface area contributed by atoms with Crippen molar-refractivity contribution in [3.05, 3.63) is 94.7 Å². The molecule has 0 saturated carbocycles. The van der Waals surface area contributed by atoms with Crippen molar-refractivity contribution < 1.29 is 9.32 Å². The monoisotopic (exact) mass is 501 g/mol. The molecule has 0 aliphatic carbocycles. The van der Waals surface area contributed by atoms with Crippen molar-refractivity contribution >= 4 is 40.2 Å². The lowest BCUT2D eigenvalue weighted by molar-refractivity contribution is 0.0955. The third-order valence-electron chi connectivity index (χ3n) is 5.85. The van der Waals surface area contributed by atoms with Crippen molar-refractivity contribution in [3.63, 3.8) is 0 Å². The molecule has 2 aromatic heterocycles. The zero-order valence-corrected chi connectivity index (χ0v) is 21.0.